The molecule has 4 nitrogen and oxygen atoms in total. The molecule has 0 saturated heterocycles. The van der Waals surface area contributed by atoms with Crippen LogP contribution in [0.1, 0.15) is 6.92 Å². The van der Waals surface area contributed by atoms with Gasteiger partial charge in [-0.25, -0.2) is 9.97 Å². The van der Waals surface area contributed by atoms with Gasteiger partial charge in [0.2, 0.25) is 0 Å². The van der Waals surface area contributed by atoms with Gasteiger partial charge in [0.15, 0.2) is 5.76 Å². The van der Waals surface area contributed by atoms with Crippen molar-refractivity contribution in [2.75, 3.05) is 11.9 Å². The lowest BCUT2D eigenvalue weighted by Gasteiger charge is -2.02. The zero-order chi connectivity index (χ0) is 12.4. The van der Waals surface area contributed by atoms with Gasteiger partial charge in [-0.05, 0) is 19.1 Å². The fourth-order valence-electron chi connectivity index (χ4n) is 1.88. The number of fused-ring (bicyclic) bond motifs is 1. The molecule has 2 aromatic heterocycles. The molecule has 0 saturated carbocycles. The van der Waals surface area contributed by atoms with Crippen molar-refractivity contribution >= 4 is 16.8 Å². The van der Waals surface area contributed by atoms with Crippen LogP contribution >= 0.6 is 0 Å². The van der Waals surface area contributed by atoms with Gasteiger partial charge in [0.25, 0.3) is 0 Å². The van der Waals surface area contributed by atoms with E-state index >= 15 is 0 Å². The molecule has 0 aliphatic carbocycles. The highest BCUT2D eigenvalue weighted by Gasteiger charge is 2.07. The zero-order valence-corrected chi connectivity index (χ0v) is 10.1. The highest BCUT2D eigenvalue weighted by Crippen LogP contribution is 2.26. The Labute approximate surface area is 105 Å². The van der Waals surface area contributed by atoms with Gasteiger partial charge in [0.05, 0.1) is 0 Å². The van der Waals surface area contributed by atoms with Gasteiger partial charge in [-0.3, -0.25) is 0 Å². The number of hydrogen-bond acceptors (Lipinski definition) is 4. The van der Waals surface area contributed by atoms with Gasteiger partial charge in [-0.2, -0.15) is 0 Å². The second-order valence-electron chi connectivity index (χ2n) is 3.97. The largest absolute Gasteiger partial charge is 0.454 e. The summed E-state index contributed by atoms with van der Waals surface area (Å²) < 4.78 is 5.77. The molecule has 90 valence electrons. The van der Waals surface area contributed by atoms with Crippen molar-refractivity contribution in [1.82, 2.24) is 9.97 Å². The maximum absolute atomic E-state index is 5.77. The van der Waals surface area contributed by atoms with Crippen molar-refractivity contribution in [3.8, 4) is 11.5 Å². The van der Waals surface area contributed by atoms with Crippen molar-refractivity contribution in [1.29, 1.82) is 0 Å². The first-order chi connectivity index (χ1) is 8.86. The van der Waals surface area contributed by atoms with Crippen LogP contribution in [-0.2, 0) is 0 Å². The van der Waals surface area contributed by atoms with Crippen molar-refractivity contribution in [2.24, 2.45) is 0 Å². The summed E-state index contributed by atoms with van der Waals surface area (Å²) in [5, 5.41) is 4.24. The van der Waals surface area contributed by atoms with E-state index in [0.29, 0.717) is 0 Å². The summed E-state index contributed by atoms with van der Waals surface area (Å²) in [5.41, 5.74) is 1.66. The standard InChI is InChI=1S/C14H13N3O/c1-2-15-14-8-11(16-9-17-14)13-7-10-5-3-4-6-12(10)18-13/h3-9H,2H2,1H3,(H,15,16,17). The summed E-state index contributed by atoms with van der Waals surface area (Å²) in [6.07, 6.45) is 1.54. The van der Waals surface area contributed by atoms with Crippen molar-refractivity contribution in [2.45, 2.75) is 6.92 Å². The lowest BCUT2D eigenvalue weighted by Crippen LogP contribution is -1.99. The number of nitrogens with zero attached hydrogens (tertiary/aromatic N) is 2. The molecule has 4 heteroatoms. The Bertz CT molecular complexity index is 642. The Balaban J connectivity index is 2.05. The average molecular weight is 239 g/mol. The van der Waals surface area contributed by atoms with E-state index in [0.717, 1.165) is 34.8 Å². The van der Waals surface area contributed by atoms with Crippen LogP contribution in [0.25, 0.3) is 22.4 Å². The summed E-state index contributed by atoms with van der Waals surface area (Å²) in [7, 11) is 0. The minimum Gasteiger partial charge on any atom is -0.454 e. The van der Waals surface area contributed by atoms with Gasteiger partial charge < -0.3 is 9.73 Å². The molecule has 3 aromatic rings. The molecule has 0 spiro atoms. The van der Waals surface area contributed by atoms with E-state index in [1.165, 1.54) is 0 Å². The molecule has 18 heavy (non-hydrogen) atoms. The highest BCUT2D eigenvalue weighted by molar-refractivity contribution is 5.82. The van der Waals surface area contributed by atoms with Gasteiger partial charge in [0.1, 0.15) is 23.4 Å². The van der Waals surface area contributed by atoms with E-state index in [-0.39, 0.29) is 0 Å². The predicted molar refractivity (Wildman–Crippen MR) is 71.4 cm³/mol. The molecule has 0 unspecified atom stereocenters. The third kappa shape index (κ3) is 1.93. The molecule has 0 aliphatic heterocycles. The fourth-order valence-corrected chi connectivity index (χ4v) is 1.88. The Morgan fingerprint density at radius 3 is 2.89 bits per heavy atom. The number of benzene rings is 1. The van der Waals surface area contributed by atoms with Crippen molar-refractivity contribution in [3.05, 3.63) is 42.7 Å². The van der Waals surface area contributed by atoms with Crippen LogP contribution in [0.5, 0.6) is 0 Å². The van der Waals surface area contributed by atoms with E-state index in [1.807, 2.05) is 43.3 Å². The number of nitrogens with one attached hydrogen (secondary N) is 1. The highest BCUT2D eigenvalue weighted by atomic mass is 16.3. The van der Waals surface area contributed by atoms with Gasteiger partial charge in [-0.15, -0.1) is 0 Å². The van der Waals surface area contributed by atoms with E-state index in [9.17, 15) is 0 Å². The molecule has 0 amide bonds. The molecule has 3 rings (SSSR count). The van der Waals surface area contributed by atoms with Crippen molar-refractivity contribution in [3.63, 3.8) is 0 Å². The first-order valence-electron chi connectivity index (χ1n) is 5.91. The third-order valence-electron chi connectivity index (χ3n) is 2.70. The number of hydrogen-bond donors (Lipinski definition) is 1. The summed E-state index contributed by atoms with van der Waals surface area (Å²) in [4.78, 5) is 8.39. The van der Waals surface area contributed by atoms with Crippen LogP contribution in [0.2, 0.25) is 0 Å². The Morgan fingerprint density at radius 1 is 1.17 bits per heavy atom. The number of para-hydroxylation sites is 1. The molecule has 1 N–H and O–H groups in total. The smallest absolute Gasteiger partial charge is 0.153 e. The molecule has 2 heterocycles. The monoisotopic (exact) mass is 239 g/mol. The minimum absolute atomic E-state index is 0.762. The lowest BCUT2D eigenvalue weighted by molar-refractivity contribution is 0.628. The lowest BCUT2D eigenvalue weighted by atomic mass is 10.2. The molecular weight excluding hydrogens is 226 g/mol. The Kier molecular flexibility index (Phi) is 2.68. The second-order valence-corrected chi connectivity index (χ2v) is 3.97. The minimum atomic E-state index is 0.762. The van der Waals surface area contributed by atoms with E-state index in [4.69, 9.17) is 4.42 Å². The normalized spacial score (nSPS) is 10.7. The number of rotatable bonds is 3. The molecular formula is C14H13N3O. The third-order valence-corrected chi connectivity index (χ3v) is 2.70. The van der Waals surface area contributed by atoms with Gasteiger partial charge in [-0.1, -0.05) is 18.2 Å². The first-order valence-corrected chi connectivity index (χ1v) is 5.91. The fraction of sp³-hybridized carbons (Fsp3) is 0.143. The Morgan fingerprint density at radius 2 is 2.06 bits per heavy atom. The van der Waals surface area contributed by atoms with Crippen LogP contribution in [0.3, 0.4) is 0 Å². The number of anilines is 1. The summed E-state index contributed by atoms with van der Waals surface area (Å²) >= 11 is 0. The molecule has 0 atom stereocenters. The van der Waals surface area contributed by atoms with Crippen LogP contribution in [0.15, 0.2) is 47.1 Å². The first kappa shape index (κ1) is 10.8. The SMILES string of the molecule is CCNc1cc(-c2cc3ccccc3o2)ncn1. The maximum Gasteiger partial charge on any atom is 0.153 e. The predicted octanol–water partition coefficient (Wildman–Crippen LogP) is 3.32. The van der Waals surface area contributed by atoms with Crippen LogP contribution < -0.4 is 5.32 Å². The molecule has 0 aliphatic rings. The number of furan rings is 1. The molecule has 0 fully saturated rings. The quantitative estimate of drug-likeness (QED) is 0.761. The van der Waals surface area contributed by atoms with E-state index in [1.54, 1.807) is 6.33 Å². The summed E-state index contributed by atoms with van der Waals surface area (Å²) in [6.45, 7) is 2.86. The van der Waals surface area contributed by atoms with Crippen LogP contribution in [-0.4, -0.2) is 16.5 Å². The summed E-state index contributed by atoms with van der Waals surface area (Å²) in [5.74, 6) is 1.57. The maximum atomic E-state index is 5.77. The Hall–Kier alpha value is -2.36. The molecule has 0 radical (unpaired) electrons. The van der Waals surface area contributed by atoms with Gasteiger partial charge in [0, 0.05) is 18.0 Å². The zero-order valence-electron chi connectivity index (χ0n) is 10.1. The van der Waals surface area contributed by atoms with Crippen molar-refractivity contribution < 1.29 is 4.42 Å². The average Bonchev–Trinajstić information content (AvgIpc) is 2.83. The molecule has 0 bridgehead atoms. The van der Waals surface area contributed by atoms with Crippen LogP contribution in [0, 0.1) is 0 Å². The topological polar surface area (TPSA) is 51.0 Å². The summed E-state index contributed by atoms with van der Waals surface area (Å²) in [6, 6.07) is 11.8. The van der Waals surface area contributed by atoms with Crippen LogP contribution in [0.4, 0.5) is 5.82 Å². The van der Waals surface area contributed by atoms with Gasteiger partial charge >= 0.3 is 0 Å². The van der Waals surface area contributed by atoms with E-state index in [2.05, 4.69) is 15.3 Å². The van der Waals surface area contributed by atoms with E-state index < -0.39 is 0 Å². The molecule has 1 aromatic carbocycles. The number of aromatic nitrogens is 2. The second kappa shape index (κ2) is 4.49.